The summed E-state index contributed by atoms with van der Waals surface area (Å²) in [4.78, 5) is 39.8. The molecule has 3 aromatic rings. The summed E-state index contributed by atoms with van der Waals surface area (Å²) in [6.45, 7) is 0.562. The lowest BCUT2D eigenvalue weighted by molar-refractivity contribution is -0.119. The van der Waals surface area contributed by atoms with Crippen molar-refractivity contribution in [1.82, 2.24) is 14.7 Å². The van der Waals surface area contributed by atoms with Gasteiger partial charge in [-0.25, -0.2) is 0 Å². The molecule has 8 heteroatoms. The zero-order valence-corrected chi connectivity index (χ0v) is 15.8. The second-order valence-electron chi connectivity index (χ2n) is 7.35. The van der Waals surface area contributed by atoms with E-state index in [9.17, 15) is 14.4 Å². The minimum absolute atomic E-state index is 0.161. The number of hydrogen-bond acceptors (Lipinski definition) is 4. The number of fused-ring (bicyclic) bond motifs is 3. The average Bonchev–Trinajstić information content (AvgIpc) is 3.32. The largest absolute Gasteiger partial charge is 0.327 e. The summed E-state index contributed by atoms with van der Waals surface area (Å²) in [5.41, 5.74) is 2.50. The summed E-state index contributed by atoms with van der Waals surface area (Å²) in [7, 11) is 1.79. The summed E-state index contributed by atoms with van der Waals surface area (Å²) in [6, 6.07) is 12.0. The topological polar surface area (TPSA) is 96.3 Å². The number of hydrogen-bond donors (Lipinski definition) is 2. The Bertz CT molecular complexity index is 1180. The Morgan fingerprint density at radius 1 is 1.21 bits per heavy atom. The van der Waals surface area contributed by atoms with Crippen LogP contribution in [0.4, 0.5) is 11.4 Å². The summed E-state index contributed by atoms with van der Waals surface area (Å²) in [5, 5.41) is 10.7. The van der Waals surface area contributed by atoms with Gasteiger partial charge < -0.3 is 15.5 Å². The molecular formula is C21H19N5O3. The van der Waals surface area contributed by atoms with Crippen LogP contribution in [0.25, 0.3) is 10.9 Å². The zero-order chi connectivity index (χ0) is 20.1. The molecule has 2 N–H and O–H groups in total. The van der Waals surface area contributed by atoms with Gasteiger partial charge in [0.2, 0.25) is 5.91 Å². The SMILES string of the molecule is Cn1nc(C(=O)Nc2ccc3c(c2)C(=O)N2CCCC2C(=O)N3)c2ccccc21. The molecule has 1 saturated heterocycles. The minimum atomic E-state index is -0.423. The van der Waals surface area contributed by atoms with Gasteiger partial charge in [0.1, 0.15) is 6.04 Å². The molecule has 1 fully saturated rings. The molecule has 2 aliphatic heterocycles. The molecule has 1 atom stereocenters. The van der Waals surface area contributed by atoms with Crippen LogP contribution in [0.2, 0.25) is 0 Å². The summed E-state index contributed by atoms with van der Waals surface area (Å²) < 4.78 is 1.66. The molecule has 1 unspecified atom stereocenters. The van der Waals surface area contributed by atoms with E-state index in [4.69, 9.17) is 0 Å². The molecule has 2 aliphatic rings. The monoisotopic (exact) mass is 389 g/mol. The Balaban J connectivity index is 1.47. The van der Waals surface area contributed by atoms with E-state index in [1.165, 1.54) is 0 Å². The van der Waals surface area contributed by atoms with Gasteiger partial charge in [-0.05, 0) is 37.1 Å². The van der Waals surface area contributed by atoms with Crippen molar-refractivity contribution in [3.05, 3.63) is 53.7 Å². The molecule has 0 saturated carbocycles. The first-order valence-corrected chi connectivity index (χ1v) is 9.52. The van der Waals surface area contributed by atoms with Gasteiger partial charge in [-0.1, -0.05) is 18.2 Å². The van der Waals surface area contributed by atoms with Gasteiger partial charge in [-0.2, -0.15) is 5.10 Å². The van der Waals surface area contributed by atoms with E-state index < -0.39 is 6.04 Å². The highest BCUT2D eigenvalue weighted by atomic mass is 16.2. The predicted octanol–water partition coefficient (Wildman–Crippen LogP) is 2.38. The van der Waals surface area contributed by atoms with Crippen LogP contribution < -0.4 is 10.6 Å². The maximum Gasteiger partial charge on any atom is 0.276 e. The number of nitrogens with one attached hydrogen (secondary N) is 2. The standard InChI is InChI=1S/C21H19N5O3/c1-25-16-6-3-2-5-13(16)18(24-25)20(28)22-12-8-9-15-14(11-12)21(29)26-10-4-7-17(26)19(27)23-15/h2-3,5-6,8-9,11,17H,4,7,10H2,1H3,(H,22,28)(H,23,27). The number of aryl methyl sites for hydroxylation is 1. The second-order valence-corrected chi connectivity index (χ2v) is 7.35. The number of anilines is 2. The Morgan fingerprint density at radius 3 is 2.90 bits per heavy atom. The number of carbonyl (C=O) groups is 3. The van der Waals surface area contributed by atoms with Crippen LogP contribution in [0.1, 0.15) is 33.7 Å². The normalized spacial score (nSPS) is 18.2. The molecule has 0 spiro atoms. The van der Waals surface area contributed by atoms with Crippen molar-refractivity contribution in [3.8, 4) is 0 Å². The number of aromatic nitrogens is 2. The molecule has 3 amide bonds. The molecule has 146 valence electrons. The highest BCUT2D eigenvalue weighted by Crippen LogP contribution is 2.30. The third-order valence-electron chi connectivity index (χ3n) is 5.55. The van der Waals surface area contributed by atoms with Gasteiger partial charge >= 0.3 is 0 Å². The van der Waals surface area contributed by atoms with Crippen molar-refractivity contribution in [3.63, 3.8) is 0 Å². The van der Waals surface area contributed by atoms with Crippen LogP contribution in [0.5, 0.6) is 0 Å². The number of para-hydroxylation sites is 1. The first-order valence-electron chi connectivity index (χ1n) is 9.52. The lowest BCUT2D eigenvalue weighted by Crippen LogP contribution is -2.40. The first kappa shape index (κ1) is 17.4. The van der Waals surface area contributed by atoms with Crippen molar-refractivity contribution in [1.29, 1.82) is 0 Å². The lowest BCUT2D eigenvalue weighted by atomic mass is 10.1. The van der Waals surface area contributed by atoms with Crippen molar-refractivity contribution in [2.45, 2.75) is 18.9 Å². The number of benzene rings is 2. The summed E-state index contributed by atoms with van der Waals surface area (Å²) >= 11 is 0. The number of amides is 3. The van der Waals surface area contributed by atoms with E-state index in [0.717, 1.165) is 17.3 Å². The predicted molar refractivity (Wildman–Crippen MR) is 108 cm³/mol. The average molecular weight is 389 g/mol. The van der Waals surface area contributed by atoms with Crippen molar-refractivity contribution >= 4 is 40.0 Å². The van der Waals surface area contributed by atoms with Gasteiger partial charge in [0, 0.05) is 24.7 Å². The summed E-state index contributed by atoms with van der Waals surface area (Å²) in [5.74, 6) is -0.711. The molecular weight excluding hydrogens is 370 g/mol. The maximum absolute atomic E-state index is 13.0. The van der Waals surface area contributed by atoms with Gasteiger partial charge in [-0.3, -0.25) is 19.1 Å². The Morgan fingerprint density at radius 2 is 2.03 bits per heavy atom. The number of carbonyl (C=O) groups excluding carboxylic acids is 3. The van der Waals surface area contributed by atoms with Crippen LogP contribution in [-0.4, -0.2) is 45.0 Å². The third-order valence-corrected chi connectivity index (χ3v) is 5.55. The minimum Gasteiger partial charge on any atom is -0.327 e. The van der Waals surface area contributed by atoms with E-state index in [2.05, 4.69) is 15.7 Å². The second kappa shape index (κ2) is 6.44. The van der Waals surface area contributed by atoms with Crippen LogP contribution in [0.15, 0.2) is 42.5 Å². The summed E-state index contributed by atoms with van der Waals surface area (Å²) in [6.07, 6.45) is 1.48. The van der Waals surface area contributed by atoms with Crippen LogP contribution in [0.3, 0.4) is 0 Å². The molecule has 3 heterocycles. The molecule has 2 aromatic carbocycles. The van der Waals surface area contributed by atoms with E-state index in [1.54, 1.807) is 34.8 Å². The highest BCUT2D eigenvalue weighted by molar-refractivity contribution is 6.13. The molecule has 8 nitrogen and oxygen atoms in total. The molecule has 1 aromatic heterocycles. The van der Waals surface area contributed by atoms with E-state index in [0.29, 0.717) is 35.6 Å². The van der Waals surface area contributed by atoms with Crippen LogP contribution in [0, 0.1) is 0 Å². The smallest absolute Gasteiger partial charge is 0.276 e. The van der Waals surface area contributed by atoms with Crippen molar-refractivity contribution in [2.24, 2.45) is 7.05 Å². The van der Waals surface area contributed by atoms with Crippen molar-refractivity contribution < 1.29 is 14.4 Å². The molecule has 0 bridgehead atoms. The van der Waals surface area contributed by atoms with E-state index in [-0.39, 0.29) is 17.7 Å². The van der Waals surface area contributed by atoms with Gasteiger partial charge in [0.25, 0.3) is 11.8 Å². The first-order chi connectivity index (χ1) is 14.0. The Kier molecular flexibility index (Phi) is 3.87. The van der Waals surface area contributed by atoms with Crippen LogP contribution in [-0.2, 0) is 11.8 Å². The number of nitrogens with zero attached hydrogens (tertiary/aromatic N) is 3. The molecule has 29 heavy (non-hydrogen) atoms. The highest BCUT2D eigenvalue weighted by Gasteiger charge is 2.38. The molecule has 0 radical (unpaired) electrons. The lowest BCUT2D eigenvalue weighted by Gasteiger charge is -2.20. The fourth-order valence-corrected chi connectivity index (χ4v) is 4.13. The van der Waals surface area contributed by atoms with Gasteiger partial charge in [0.15, 0.2) is 5.69 Å². The molecule has 5 rings (SSSR count). The van der Waals surface area contributed by atoms with E-state index >= 15 is 0 Å². The van der Waals surface area contributed by atoms with Gasteiger partial charge in [0.05, 0.1) is 16.8 Å². The fourth-order valence-electron chi connectivity index (χ4n) is 4.13. The third kappa shape index (κ3) is 2.75. The van der Waals surface area contributed by atoms with Crippen LogP contribution >= 0.6 is 0 Å². The quantitative estimate of drug-likeness (QED) is 0.703. The van der Waals surface area contributed by atoms with Gasteiger partial charge in [-0.15, -0.1) is 0 Å². The zero-order valence-electron chi connectivity index (χ0n) is 15.8. The Labute approximate surface area is 166 Å². The number of rotatable bonds is 2. The Hall–Kier alpha value is -3.68. The fraction of sp³-hybridized carbons (Fsp3) is 0.238. The van der Waals surface area contributed by atoms with Crippen molar-refractivity contribution in [2.75, 3.05) is 17.2 Å². The molecule has 0 aliphatic carbocycles. The maximum atomic E-state index is 13.0. The van der Waals surface area contributed by atoms with E-state index in [1.807, 2.05) is 24.3 Å².